The predicted molar refractivity (Wildman–Crippen MR) is 156 cm³/mol. The van der Waals surface area contributed by atoms with E-state index in [9.17, 15) is 27.9 Å². The van der Waals surface area contributed by atoms with Gasteiger partial charge in [0.25, 0.3) is 0 Å². The summed E-state index contributed by atoms with van der Waals surface area (Å²) in [7, 11) is 1.60. The molecule has 11 heteroatoms. The minimum atomic E-state index is -1.75. The number of hydrogen-bond donors (Lipinski definition) is 2. The van der Waals surface area contributed by atoms with Gasteiger partial charge in [0.2, 0.25) is 5.89 Å². The molecule has 230 valence electrons. The molecule has 1 atom stereocenters. The smallest absolute Gasteiger partial charge is 0.326 e. The van der Waals surface area contributed by atoms with Crippen molar-refractivity contribution in [3.63, 3.8) is 0 Å². The lowest BCUT2D eigenvalue weighted by Crippen LogP contribution is -2.38. The molecule has 0 fully saturated rings. The van der Waals surface area contributed by atoms with Crippen LogP contribution in [0.15, 0.2) is 76.9 Å². The van der Waals surface area contributed by atoms with Gasteiger partial charge in [-0.15, -0.1) is 0 Å². The quantitative estimate of drug-likeness (QED) is 0.0954. The second-order valence-electron chi connectivity index (χ2n) is 9.84. The van der Waals surface area contributed by atoms with Gasteiger partial charge in [0, 0.05) is 30.2 Å². The summed E-state index contributed by atoms with van der Waals surface area (Å²) in [6.45, 7) is 3.84. The average Bonchev–Trinajstić information content (AvgIpc) is 3.39. The number of methoxy groups -OCH3 is 1. The molecule has 0 spiro atoms. The number of carboxylic acids is 1. The summed E-state index contributed by atoms with van der Waals surface area (Å²) in [6.07, 6.45) is 1.77. The lowest BCUT2D eigenvalue weighted by Gasteiger charge is -2.18. The Morgan fingerprint density at radius 2 is 1.68 bits per heavy atom. The van der Waals surface area contributed by atoms with Gasteiger partial charge in [0.05, 0.1) is 25.0 Å². The minimum absolute atomic E-state index is 0.0625. The van der Waals surface area contributed by atoms with Crippen LogP contribution in [0.3, 0.4) is 0 Å². The number of rotatable bonds is 14. The summed E-state index contributed by atoms with van der Waals surface area (Å²) < 4.78 is 57.7. The van der Waals surface area contributed by atoms with Crippen LogP contribution in [0.4, 0.5) is 13.2 Å². The van der Waals surface area contributed by atoms with E-state index in [0.717, 1.165) is 29.1 Å². The fraction of sp³-hybridized carbons (Fsp3) is 0.242. The van der Waals surface area contributed by atoms with Crippen molar-refractivity contribution in [1.82, 2.24) is 10.3 Å². The molecule has 44 heavy (non-hydrogen) atoms. The minimum Gasteiger partial charge on any atom is -0.497 e. The zero-order chi connectivity index (χ0) is 31.8. The maximum absolute atomic E-state index is 14.0. The van der Waals surface area contributed by atoms with Gasteiger partial charge in [0.1, 0.15) is 23.3 Å². The van der Waals surface area contributed by atoms with Crippen LogP contribution in [-0.4, -0.2) is 41.6 Å². The molecule has 1 heterocycles. The molecule has 0 saturated heterocycles. The van der Waals surface area contributed by atoms with E-state index in [1.165, 1.54) is 0 Å². The lowest BCUT2D eigenvalue weighted by molar-refractivity contribution is -0.139. The van der Waals surface area contributed by atoms with Crippen molar-refractivity contribution >= 4 is 11.8 Å². The molecule has 4 rings (SSSR count). The fourth-order valence-electron chi connectivity index (χ4n) is 4.36. The standard InChI is InChI=1S/C33H31F3N2O6/c1-4-22(18-29(39)25-13-14-26(34)31(36)30(25)35)37-28(33(40)41)17-20-5-9-24(10-6-20)43-16-15-27-19(2)44-32(38-27)21-7-11-23(42-3)12-8-21/h5-14,18,28,37H,4,15-17H2,1-3H3,(H,40,41)/b22-18-/t28-/m0/s1. The van der Waals surface area contributed by atoms with Crippen LogP contribution in [0.1, 0.15) is 40.7 Å². The Kier molecular flexibility index (Phi) is 10.4. The predicted octanol–water partition coefficient (Wildman–Crippen LogP) is 6.46. The van der Waals surface area contributed by atoms with Crippen LogP contribution in [0.25, 0.3) is 11.5 Å². The van der Waals surface area contributed by atoms with E-state index in [-0.39, 0.29) is 18.5 Å². The molecule has 0 bridgehead atoms. The first kappa shape index (κ1) is 31.9. The number of nitrogens with zero attached hydrogens (tertiary/aromatic N) is 1. The maximum atomic E-state index is 14.0. The number of aromatic nitrogens is 1. The Bertz CT molecular complexity index is 1650. The third-order valence-electron chi connectivity index (χ3n) is 6.84. The van der Waals surface area contributed by atoms with E-state index in [0.29, 0.717) is 42.1 Å². The van der Waals surface area contributed by atoms with Gasteiger partial charge in [-0.1, -0.05) is 19.1 Å². The number of nitrogens with one attached hydrogen (secondary N) is 1. The van der Waals surface area contributed by atoms with Gasteiger partial charge in [-0.05, 0) is 67.4 Å². The van der Waals surface area contributed by atoms with Crippen molar-refractivity contribution in [1.29, 1.82) is 0 Å². The van der Waals surface area contributed by atoms with Crippen molar-refractivity contribution < 1.29 is 41.8 Å². The first-order chi connectivity index (χ1) is 21.1. The molecule has 0 radical (unpaired) electrons. The number of aryl methyl sites for hydroxylation is 1. The zero-order valence-electron chi connectivity index (χ0n) is 24.3. The highest BCUT2D eigenvalue weighted by atomic mass is 19.2. The molecule has 8 nitrogen and oxygen atoms in total. The van der Waals surface area contributed by atoms with E-state index >= 15 is 0 Å². The van der Waals surface area contributed by atoms with E-state index in [1.807, 2.05) is 31.2 Å². The SMILES string of the molecule is CC/C(=C/C(=O)c1ccc(F)c(F)c1F)N[C@@H](Cc1ccc(OCCc2nc(-c3ccc(OC)cc3)oc2C)cc1)C(=O)O. The second-order valence-corrected chi connectivity index (χ2v) is 9.84. The molecular formula is C33H31F3N2O6. The van der Waals surface area contributed by atoms with Crippen LogP contribution in [0.5, 0.6) is 11.5 Å². The van der Waals surface area contributed by atoms with Crippen molar-refractivity contribution in [3.8, 4) is 23.0 Å². The number of halogens is 3. The number of oxazole rings is 1. The Morgan fingerprint density at radius 3 is 2.32 bits per heavy atom. The molecule has 0 aliphatic carbocycles. The number of ether oxygens (including phenoxy) is 2. The number of hydrogen-bond acceptors (Lipinski definition) is 7. The number of carboxylic acid groups (broad SMARTS) is 1. The van der Waals surface area contributed by atoms with Gasteiger partial charge in [-0.3, -0.25) is 4.79 Å². The lowest BCUT2D eigenvalue weighted by atomic mass is 10.0. The number of aliphatic carboxylic acids is 1. The Hall–Kier alpha value is -5.06. The largest absolute Gasteiger partial charge is 0.497 e. The summed E-state index contributed by atoms with van der Waals surface area (Å²) in [5.74, 6) is -4.34. The van der Waals surface area contributed by atoms with Crippen LogP contribution < -0.4 is 14.8 Å². The Morgan fingerprint density at radius 1 is 1.00 bits per heavy atom. The first-order valence-corrected chi connectivity index (χ1v) is 13.8. The summed E-state index contributed by atoms with van der Waals surface area (Å²) in [5.41, 5.74) is 1.83. The third-order valence-corrected chi connectivity index (χ3v) is 6.84. The Balaban J connectivity index is 1.34. The highest BCUT2D eigenvalue weighted by Crippen LogP contribution is 2.25. The molecule has 0 aliphatic heterocycles. The van der Waals surface area contributed by atoms with Crippen molar-refractivity contribution in [3.05, 3.63) is 112 Å². The highest BCUT2D eigenvalue weighted by Gasteiger charge is 2.21. The molecule has 0 amide bonds. The van der Waals surface area contributed by atoms with Crippen LogP contribution in [0.2, 0.25) is 0 Å². The monoisotopic (exact) mass is 608 g/mol. The summed E-state index contributed by atoms with van der Waals surface area (Å²) in [6, 6.07) is 14.7. The van der Waals surface area contributed by atoms with Crippen molar-refractivity contribution in [2.45, 2.75) is 39.2 Å². The number of carbonyl (C=O) groups excluding carboxylic acids is 1. The molecule has 0 saturated carbocycles. The third kappa shape index (κ3) is 7.85. The van der Waals surface area contributed by atoms with Gasteiger partial charge >= 0.3 is 5.97 Å². The van der Waals surface area contributed by atoms with Gasteiger partial charge < -0.3 is 24.3 Å². The highest BCUT2D eigenvalue weighted by molar-refractivity contribution is 6.05. The summed E-state index contributed by atoms with van der Waals surface area (Å²) in [5, 5.41) is 12.6. The molecule has 2 N–H and O–H groups in total. The summed E-state index contributed by atoms with van der Waals surface area (Å²) >= 11 is 0. The van der Waals surface area contributed by atoms with Crippen molar-refractivity contribution in [2.24, 2.45) is 0 Å². The van der Waals surface area contributed by atoms with Crippen molar-refractivity contribution in [2.75, 3.05) is 13.7 Å². The van der Waals surface area contributed by atoms with E-state index < -0.39 is 40.8 Å². The average molecular weight is 609 g/mol. The normalized spacial score (nSPS) is 12.1. The molecule has 0 unspecified atom stereocenters. The fourth-order valence-corrected chi connectivity index (χ4v) is 4.36. The van der Waals surface area contributed by atoms with Gasteiger partial charge in [-0.25, -0.2) is 22.9 Å². The molecule has 1 aromatic heterocycles. The number of carbonyl (C=O) groups is 2. The first-order valence-electron chi connectivity index (χ1n) is 13.8. The zero-order valence-corrected chi connectivity index (χ0v) is 24.3. The van der Waals surface area contributed by atoms with Gasteiger partial charge in [0.15, 0.2) is 23.2 Å². The van der Waals surface area contributed by atoms with E-state index in [2.05, 4.69) is 10.3 Å². The van der Waals surface area contributed by atoms with E-state index in [4.69, 9.17) is 13.9 Å². The molecule has 4 aromatic rings. The second kappa shape index (κ2) is 14.4. The van der Waals surface area contributed by atoms with Crippen LogP contribution >= 0.6 is 0 Å². The number of ketones is 1. The number of allylic oxidation sites excluding steroid dienone is 2. The molecule has 0 aliphatic rings. The van der Waals surface area contributed by atoms with Crippen LogP contribution in [0, 0.1) is 24.4 Å². The van der Waals surface area contributed by atoms with E-state index in [1.54, 1.807) is 38.3 Å². The molecular weight excluding hydrogens is 577 g/mol. The summed E-state index contributed by atoms with van der Waals surface area (Å²) in [4.78, 5) is 29.1. The Labute approximate surface area is 252 Å². The molecule has 3 aromatic carbocycles. The van der Waals surface area contributed by atoms with Crippen LogP contribution in [-0.2, 0) is 17.6 Å². The number of benzene rings is 3. The topological polar surface area (TPSA) is 111 Å². The maximum Gasteiger partial charge on any atom is 0.326 e. The van der Waals surface area contributed by atoms with Gasteiger partial charge in [-0.2, -0.15) is 0 Å².